The van der Waals surface area contributed by atoms with Gasteiger partial charge in [-0.15, -0.1) is 0 Å². The van der Waals surface area contributed by atoms with E-state index < -0.39 is 15.1 Å². The van der Waals surface area contributed by atoms with Gasteiger partial charge in [-0.05, 0) is 38.8 Å². The molecule has 0 aliphatic carbocycles. The summed E-state index contributed by atoms with van der Waals surface area (Å²) in [6.07, 6.45) is 0.632. The monoisotopic (exact) mass is 319 g/mol. The van der Waals surface area contributed by atoms with Crippen LogP contribution >= 0.6 is 11.6 Å². The van der Waals surface area contributed by atoms with Crippen LogP contribution in [0.1, 0.15) is 26.3 Å². The number of hydrogen-bond acceptors (Lipinski definition) is 4. The van der Waals surface area contributed by atoms with Gasteiger partial charge in [0, 0.05) is 6.04 Å². The van der Waals surface area contributed by atoms with E-state index in [1.807, 2.05) is 19.1 Å². The summed E-state index contributed by atoms with van der Waals surface area (Å²) in [7, 11) is -3.11. The van der Waals surface area contributed by atoms with Crippen molar-refractivity contribution in [3.8, 4) is 5.75 Å². The molecule has 1 atom stereocenters. The molecule has 0 radical (unpaired) electrons. The Labute approximate surface area is 126 Å². The first-order valence-corrected chi connectivity index (χ1v) is 8.70. The van der Waals surface area contributed by atoms with Crippen molar-refractivity contribution in [1.82, 2.24) is 0 Å². The third-order valence-electron chi connectivity index (χ3n) is 2.92. The summed E-state index contributed by atoms with van der Waals surface area (Å²) in [6, 6.07) is 5.42. The Morgan fingerprint density at radius 2 is 1.95 bits per heavy atom. The molecule has 0 aliphatic heterocycles. The number of para-hydroxylation sites is 1. The molecule has 0 aliphatic rings. The first kappa shape index (κ1) is 17.3. The van der Waals surface area contributed by atoms with Gasteiger partial charge in [0.05, 0.1) is 16.0 Å². The summed E-state index contributed by atoms with van der Waals surface area (Å²) in [4.78, 5) is 0. The van der Waals surface area contributed by atoms with E-state index in [0.717, 1.165) is 5.56 Å². The average Bonchev–Trinajstić information content (AvgIpc) is 2.31. The molecule has 20 heavy (non-hydrogen) atoms. The Hall–Kier alpha value is -0.780. The van der Waals surface area contributed by atoms with Gasteiger partial charge in [-0.25, -0.2) is 8.42 Å². The Balaban J connectivity index is 2.77. The number of benzene rings is 1. The van der Waals surface area contributed by atoms with E-state index in [0.29, 0.717) is 17.2 Å². The van der Waals surface area contributed by atoms with E-state index >= 15 is 0 Å². The molecule has 0 aromatic heterocycles. The van der Waals surface area contributed by atoms with Crippen molar-refractivity contribution in [2.24, 2.45) is 5.73 Å². The zero-order chi connectivity index (χ0) is 15.3. The summed E-state index contributed by atoms with van der Waals surface area (Å²) in [5, 5.41) is 0.0750. The van der Waals surface area contributed by atoms with Crippen LogP contribution in [0.4, 0.5) is 0 Å². The Bertz CT molecular complexity index is 541. The van der Waals surface area contributed by atoms with Gasteiger partial charge >= 0.3 is 0 Å². The molecule has 0 amide bonds. The second-order valence-electron chi connectivity index (χ2n) is 5.17. The lowest BCUT2D eigenvalue weighted by Crippen LogP contribution is -2.23. The normalized spacial score (nSPS) is 13.5. The van der Waals surface area contributed by atoms with E-state index in [9.17, 15) is 8.42 Å². The average molecular weight is 320 g/mol. The van der Waals surface area contributed by atoms with Crippen LogP contribution in [-0.4, -0.2) is 32.1 Å². The molecule has 0 saturated heterocycles. The fourth-order valence-electron chi connectivity index (χ4n) is 1.72. The number of nitrogens with two attached hydrogens (primary N) is 1. The Kier molecular flexibility index (Phi) is 6.30. The minimum Gasteiger partial charge on any atom is -0.491 e. The first-order valence-electron chi connectivity index (χ1n) is 6.61. The molecule has 114 valence electrons. The smallest absolute Gasteiger partial charge is 0.155 e. The molecule has 6 heteroatoms. The molecule has 0 bridgehead atoms. The molecule has 1 unspecified atom stereocenters. The second kappa shape index (κ2) is 7.29. The van der Waals surface area contributed by atoms with Crippen LogP contribution in [0.5, 0.6) is 5.75 Å². The van der Waals surface area contributed by atoms with Crippen LogP contribution in [0, 0.1) is 0 Å². The van der Waals surface area contributed by atoms with Crippen LogP contribution < -0.4 is 10.5 Å². The lowest BCUT2D eigenvalue weighted by molar-refractivity contribution is 0.336. The van der Waals surface area contributed by atoms with Crippen LogP contribution in [-0.2, 0) is 16.3 Å². The molecule has 1 rings (SSSR count). The van der Waals surface area contributed by atoms with E-state index in [2.05, 4.69) is 0 Å². The quantitative estimate of drug-likeness (QED) is 0.838. The summed E-state index contributed by atoms with van der Waals surface area (Å²) < 4.78 is 29.1. The SMILES string of the molecule is CC(N)Cc1cccc(Cl)c1OCCS(=O)(=O)C(C)C. The maximum atomic E-state index is 11.7. The molecule has 0 fully saturated rings. The van der Waals surface area contributed by atoms with Crippen molar-refractivity contribution in [2.45, 2.75) is 38.5 Å². The third-order valence-corrected chi connectivity index (χ3v) is 5.39. The fraction of sp³-hybridized carbons (Fsp3) is 0.571. The van der Waals surface area contributed by atoms with E-state index in [1.54, 1.807) is 19.9 Å². The summed E-state index contributed by atoms with van der Waals surface area (Å²) in [6.45, 7) is 5.31. The lowest BCUT2D eigenvalue weighted by atomic mass is 10.1. The highest BCUT2D eigenvalue weighted by Crippen LogP contribution is 2.29. The van der Waals surface area contributed by atoms with Crippen molar-refractivity contribution < 1.29 is 13.2 Å². The third kappa shape index (κ3) is 4.96. The van der Waals surface area contributed by atoms with Gasteiger partial charge in [0.2, 0.25) is 0 Å². The van der Waals surface area contributed by atoms with Gasteiger partial charge in [-0.2, -0.15) is 0 Å². The predicted octanol–water partition coefficient (Wildman–Crippen LogP) is 2.43. The predicted molar refractivity (Wildman–Crippen MR) is 83.2 cm³/mol. The number of halogens is 1. The summed E-state index contributed by atoms with van der Waals surface area (Å²) in [5.74, 6) is 0.512. The standard InChI is InChI=1S/C14H22ClNO3S/c1-10(2)20(17,18)8-7-19-14-12(9-11(3)16)5-4-6-13(14)15/h4-6,10-11H,7-9,16H2,1-3H3. The van der Waals surface area contributed by atoms with Crippen LogP contribution in [0.2, 0.25) is 5.02 Å². The van der Waals surface area contributed by atoms with E-state index in [4.69, 9.17) is 22.1 Å². The molecular formula is C14H22ClNO3S. The van der Waals surface area contributed by atoms with E-state index in [1.165, 1.54) is 0 Å². The molecule has 0 heterocycles. The molecule has 1 aromatic rings. The Morgan fingerprint density at radius 1 is 1.30 bits per heavy atom. The molecule has 2 N–H and O–H groups in total. The maximum Gasteiger partial charge on any atom is 0.155 e. The lowest BCUT2D eigenvalue weighted by Gasteiger charge is -2.15. The van der Waals surface area contributed by atoms with Crippen LogP contribution in [0.3, 0.4) is 0 Å². The number of rotatable bonds is 7. The zero-order valence-corrected chi connectivity index (χ0v) is 13.7. The van der Waals surface area contributed by atoms with Gasteiger partial charge in [0.15, 0.2) is 9.84 Å². The van der Waals surface area contributed by atoms with Gasteiger partial charge in [-0.3, -0.25) is 0 Å². The summed E-state index contributed by atoms with van der Waals surface area (Å²) in [5.41, 5.74) is 6.68. The van der Waals surface area contributed by atoms with Crippen molar-refractivity contribution in [2.75, 3.05) is 12.4 Å². The van der Waals surface area contributed by atoms with Gasteiger partial charge in [0.1, 0.15) is 12.4 Å². The molecule has 0 saturated carbocycles. The second-order valence-corrected chi connectivity index (χ2v) is 8.26. The minimum atomic E-state index is -3.11. The highest BCUT2D eigenvalue weighted by atomic mass is 35.5. The minimum absolute atomic E-state index is 0.0183. The van der Waals surface area contributed by atoms with Crippen LogP contribution in [0.25, 0.3) is 0 Å². The largest absolute Gasteiger partial charge is 0.491 e. The molecule has 1 aromatic carbocycles. The van der Waals surface area contributed by atoms with Gasteiger partial charge in [-0.1, -0.05) is 23.7 Å². The summed E-state index contributed by atoms with van der Waals surface area (Å²) >= 11 is 6.11. The number of ether oxygens (including phenoxy) is 1. The van der Waals surface area contributed by atoms with E-state index in [-0.39, 0.29) is 18.4 Å². The zero-order valence-electron chi connectivity index (χ0n) is 12.1. The highest BCUT2D eigenvalue weighted by Gasteiger charge is 2.17. The first-order chi connectivity index (χ1) is 9.24. The van der Waals surface area contributed by atoms with Crippen molar-refractivity contribution in [1.29, 1.82) is 0 Å². The topological polar surface area (TPSA) is 69.4 Å². The van der Waals surface area contributed by atoms with Crippen molar-refractivity contribution in [3.63, 3.8) is 0 Å². The highest BCUT2D eigenvalue weighted by molar-refractivity contribution is 7.91. The van der Waals surface area contributed by atoms with Crippen LogP contribution in [0.15, 0.2) is 18.2 Å². The van der Waals surface area contributed by atoms with Gasteiger partial charge in [0.25, 0.3) is 0 Å². The van der Waals surface area contributed by atoms with Crippen molar-refractivity contribution >= 4 is 21.4 Å². The molecule has 4 nitrogen and oxygen atoms in total. The number of hydrogen-bond donors (Lipinski definition) is 1. The van der Waals surface area contributed by atoms with Crippen molar-refractivity contribution in [3.05, 3.63) is 28.8 Å². The Morgan fingerprint density at radius 3 is 2.50 bits per heavy atom. The van der Waals surface area contributed by atoms with Gasteiger partial charge < -0.3 is 10.5 Å². The molecule has 0 spiro atoms. The number of sulfone groups is 1. The maximum absolute atomic E-state index is 11.7. The fourth-order valence-corrected chi connectivity index (χ4v) is 2.75. The molecular weight excluding hydrogens is 298 g/mol.